The zero-order chi connectivity index (χ0) is 26.0. The van der Waals surface area contributed by atoms with Crippen LogP contribution in [-0.4, -0.2) is 36.0 Å². The molecule has 1 amide bonds. The van der Waals surface area contributed by atoms with Crippen molar-refractivity contribution in [2.45, 2.75) is 19.3 Å². The summed E-state index contributed by atoms with van der Waals surface area (Å²) in [7, 11) is 3.26. The normalized spacial score (nSPS) is 12.5. The largest absolute Gasteiger partial charge is 0.497 e. The number of carbonyl (C=O) groups is 1. The van der Waals surface area contributed by atoms with Crippen molar-refractivity contribution in [2.75, 3.05) is 14.2 Å². The molecule has 2 heterocycles. The molecule has 0 saturated carbocycles. The van der Waals surface area contributed by atoms with Gasteiger partial charge in [-0.05, 0) is 65.7 Å². The van der Waals surface area contributed by atoms with Crippen molar-refractivity contribution >= 4 is 11.6 Å². The average Bonchev–Trinajstić information content (AvgIpc) is 2.96. The van der Waals surface area contributed by atoms with Crippen LogP contribution >= 0.6 is 0 Å². The zero-order valence-corrected chi connectivity index (χ0v) is 20.7. The molecule has 37 heavy (non-hydrogen) atoms. The van der Waals surface area contributed by atoms with E-state index in [9.17, 15) is 9.59 Å². The number of rotatable bonds is 6. The molecule has 1 aromatic heterocycles. The van der Waals surface area contributed by atoms with Gasteiger partial charge in [0.1, 0.15) is 11.5 Å². The summed E-state index contributed by atoms with van der Waals surface area (Å²) in [4.78, 5) is 22.9. The number of aromatic nitrogens is 2. The van der Waals surface area contributed by atoms with Crippen molar-refractivity contribution in [1.29, 1.82) is 0 Å². The highest BCUT2D eigenvalue weighted by atomic mass is 16.5. The quantitative estimate of drug-likeness (QED) is 0.413. The lowest BCUT2D eigenvalue weighted by atomic mass is 10.0. The molecule has 0 fully saturated rings. The Labute approximate surface area is 215 Å². The Balaban J connectivity index is 0.000000186. The van der Waals surface area contributed by atoms with Gasteiger partial charge in [0.05, 0.1) is 25.6 Å². The molecule has 8 heteroatoms. The van der Waals surface area contributed by atoms with Crippen LogP contribution in [0.2, 0.25) is 0 Å². The first-order valence-corrected chi connectivity index (χ1v) is 11.8. The van der Waals surface area contributed by atoms with Crippen molar-refractivity contribution in [3.63, 3.8) is 0 Å². The van der Waals surface area contributed by atoms with Crippen molar-refractivity contribution in [2.24, 2.45) is 5.10 Å². The van der Waals surface area contributed by atoms with Gasteiger partial charge in [0, 0.05) is 30.4 Å². The number of hydrogen-bond acceptors (Lipinski definition) is 6. The molecule has 3 aromatic carbocycles. The van der Waals surface area contributed by atoms with Crippen molar-refractivity contribution in [1.82, 2.24) is 15.6 Å². The van der Waals surface area contributed by atoms with Gasteiger partial charge in [0.15, 0.2) is 0 Å². The first-order valence-electron chi connectivity index (χ1n) is 11.8. The van der Waals surface area contributed by atoms with E-state index in [0.717, 1.165) is 39.6 Å². The molecule has 1 aliphatic heterocycles. The minimum Gasteiger partial charge on any atom is -0.497 e. The molecule has 0 radical (unpaired) electrons. The predicted octanol–water partition coefficient (Wildman–Crippen LogP) is 4.35. The maximum absolute atomic E-state index is 12.0. The van der Waals surface area contributed by atoms with E-state index in [1.165, 1.54) is 0 Å². The van der Waals surface area contributed by atoms with Gasteiger partial charge < -0.3 is 9.47 Å². The number of nitrogens with one attached hydrogen (secondary N) is 2. The minimum absolute atomic E-state index is 0.0211. The number of carbonyl (C=O) groups excluding carboxylic acids is 1. The molecule has 0 spiro atoms. The van der Waals surface area contributed by atoms with Gasteiger partial charge in [-0.2, -0.15) is 10.2 Å². The summed E-state index contributed by atoms with van der Waals surface area (Å²) in [6, 6.07) is 27.0. The fraction of sp³-hybridized carbons (Fsp3) is 0.172. The zero-order valence-electron chi connectivity index (χ0n) is 20.7. The van der Waals surface area contributed by atoms with E-state index >= 15 is 0 Å². The molecular weight excluding hydrogens is 468 g/mol. The highest BCUT2D eigenvalue weighted by molar-refractivity contribution is 6.04. The number of ether oxygens (including phenoxy) is 2. The van der Waals surface area contributed by atoms with Crippen LogP contribution in [0.15, 0.2) is 94.8 Å². The molecule has 0 bridgehead atoms. The maximum atomic E-state index is 12.0. The number of amides is 1. The van der Waals surface area contributed by atoms with Crippen molar-refractivity contribution in [3.05, 3.63) is 112 Å². The number of benzene rings is 3. The lowest BCUT2D eigenvalue weighted by molar-refractivity contribution is -0.121. The second kappa shape index (κ2) is 12.3. The van der Waals surface area contributed by atoms with Gasteiger partial charge in [0.2, 0.25) is 5.91 Å². The van der Waals surface area contributed by atoms with E-state index in [1.807, 2.05) is 84.9 Å². The SMILES string of the molecule is COc1ccc(-c2cc(Cc3ccccc3)c(=O)[nH]n2)cc1.COc1ccc(C2=NNC(=O)CC2)cc1. The van der Waals surface area contributed by atoms with E-state index in [2.05, 4.69) is 20.7 Å². The summed E-state index contributed by atoms with van der Waals surface area (Å²) in [6.45, 7) is 0. The Morgan fingerprint density at radius 1 is 0.784 bits per heavy atom. The number of methoxy groups -OCH3 is 2. The van der Waals surface area contributed by atoms with Crippen LogP contribution in [0.5, 0.6) is 11.5 Å². The Morgan fingerprint density at radius 2 is 1.41 bits per heavy atom. The highest BCUT2D eigenvalue weighted by Crippen LogP contribution is 2.21. The van der Waals surface area contributed by atoms with Crippen LogP contribution < -0.4 is 20.5 Å². The van der Waals surface area contributed by atoms with Crippen LogP contribution in [0.4, 0.5) is 0 Å². The number of nitrogens with zero attached hydrogens (tertiary/aromatic N) is 2. The summed E-state index contributed by atoms with van der Waals surface area (Å²) in [6.07, 6.45) is 1.78. The minimum atomic E-state index is -0.152. The summed E-state index contributed by atoms with van der Waals surface area (Å²) < 4.78 is 10.2. The van der Waals surface area contributed by atoms with E-state index in [4.69, 9.17) is 9.47 Å². The lowest BCUT2D eigenvalue weighted by Crippen LogP contribution is -2.25. The average molecular weight is 497 g/mol. The third-order valence-electron chi connectivity index (χ3n) is 5.83. The molecule has 0 atom stereocenters. The smallest absolute Gasteiger partial charge is 0.267 e. The molecule has 4 aromatic rings. The summed E-state index contributed by atoms with van der Waals surface area (Å²) in [5.74, 6) is 1.59. The standard InChI is InChI=1S/C18H16N2O2.C11H12N2O2/c1-22-16-9-7-14(8-10-16)17-12-15(18(21)20-19-17)11-13-5-3-2-4-6-13;1-15-9-4-2-8(3-5-9)10-6-7-11(14)13-12-10/h2-10,12H,11H2,1H3,(H,20,21);2-5H,6-7H2,1H3,(H,13,14). The third kappa shape index (κ3) is 6.91. The number of H-pyrrole nitrogens is 1. The van der Waals surface area contributed by atoms with Crippen molar-refractivity contribution < 1.29 is 14.3 Å². The first-order chi connectivity index (χ1) is 18.1. The number of aromatic amines is 1. The van der Waals surface area contributed by atoms with Crippen LogP contribution in [0.1, 0.15) is 29.5 Å². The number of hydrogen-bond donors (Lipinski definition) is 2. The molecule has 0 aliphatic carbocycles. The van der Waals surface area contributed by atoms with Gasteiger partial charge >= 0.3 is 0 Å². The van der Waals surface area contributed by atoms with Gasteiger partial charge in [0.25, 0.3) is 5.56 Å². The molecule has 5 rings (SSSR count). The summed E-state index contributed by atoms with van der Waals surface area (Å²) in [5, 5.41) is 10.7. The molecule has 1 aliphatic rings. The maximum Gasteiger partial charge on any atom is 0.267 e. The van der Waals surface area contributed by atoms with Crippen LogP contribution in [-0.2, 0) is 11.2 Å². The highest BCUT2D eigenvalue weighted by Gasteiger charge is 2.13. The first kappa shape index (κ1) is 25.4. The Hall–Kier alpha value is -4.72. The molecule has 8 nitrogen and oxygen atoms in total. The van der Waals surface area contributed by atoms with Crippen molar-refractivity contribution in [3.8, 4) is 22.8 Å². The van der Waals surface area contributed by atoms with Gasteiger partial charge in [-0.3, -0.25) is 9.59 Å². The predicted molar refractivity (Wildman–Crippen MR) is 143 cm³/mol. The molecule has 188 valence electrons. The van der Waals surface area contributed by atoms with E-state index in [1.54, 1.807) is 14.2 Å². The molecule has 0 unspecified atom stereocenters. The fourth-order valence-electron chi connectivity index (χ4n) is 3.77. The third-order valence-corrected chi connectivity index (χ3v) is 5.83. The van der Waals surface area contributed by atoms with Gasteiger partial charge in [-0.25, -0.2) is 10.5 Å². The summed E-state index contributed by atoms with van der Waals surface area (Å²) in [5.41, 5.74) is 7.74. The van der Waals surface area contributed by atoms with E-state index < -0.39 is 0 Å². The monoisotopic (exact) mass is 496 g/mol. The topological polar surface area (TPSA) is 106 Å². The lowest BCUT2D eigenvalue weighted by Gasteiger charge is -2.12. The molecule has 0 saturated heterocycles. The van der Waals surface area contributed by atoms with Gasteiger partial charge in [-0.1, -0.05) is 30.3 Å². The summed E-state index contributed by atoms with van der Waals surface area (Å²) >= 11 is 0. The Bertz CT molecular complexity index is 1410. The fourth-order valence-corrected chi connectivity index (χ4v) is 3.77. The second-order valence-electron chi connectivity index (χ2n) is 8.32. The Kier molecular flexibility index (Phi) is 8.44. The van der Waals surface area contributed by atoms with Crippen LogP contribution in [0.25, 0.3) is 11.3 Å². The second-order valence-corrected chi connectivity index (χ2v) is 8.32. The Morgan fingerprint density at radius 3 is 1.97 bits per heavy atom. The van der Waals surface area contributed by atoms with E-state index in [0.29, 0.717) is 24.8 Å². The number of hydrazone groups is 1. The van der Waals surface area contributed by atoms with Gasteiger partial charge in [-0.15, -0.1) is 0 Å². The van der Waals surface area contributed by atoms with E-state index in [-0.39, 0.29) is 11.5 Å². The van der Waals surface area contributed by atoms with Crippen LogP contribution in [0.3, 0.4) is 0 Å². The molecular formula is C29H28N4O4. The molecule has 2 N–H and O–H groups in total. The van der Waals surface area contributed by atoms with Crippen LogP contribution in [0, 0.1) is 0 Å².